The number of carbonyl (C=O) groups excluding carboxylic acids is 2. The topological polar surface area (TPSA) is 153 Å². The number of hydrogen-bond donors (Lipinski definition) is 2. The van der Waals surface area contributed by atoms with Crippen LogP contribution in [0.3, 0.4) is 0 Å². The molecule has 126 valence electrons. The van der Waals surface area contributed by atoms with Crippen molar-refractivity contribution in [2.45, 2.75) is 26.7 Å². The Morgan fingerprint density at radius 1 is 1.25 bits per heavy atom. The first-order valence-corrected chi connectivity index (χ1v) is 6.76. The average Bonchev–Trinajstić information content (AvgIpc) is 2.50. The molecule has 0 aliphatic rings. The smallest absolute Gasteiger partial charge is 0.359 e. The molecule has 1 rings (SSSR count). The van der Waals surface area contributed by atoms with Crippen LogP contribution in [0, 0.1) is 29.6 Å². The number of carboxylic acids is 1. The number of carboxylic acid groups (broad SMARTS) is 1. The molecule has 1 aromatic heterocycles. The Kier molecular flexibility index (Phi) is 9.55. The van der Waals surface area contributed by atoms with Gasteiger partial charge in [0.2, 0.25) is 5.91 Å². The third kappa shape index (κ3) is 8.10. The summed E-state index contributed by atoms with van der Waals surface area (Å²) in [5.74, 6) is -2.17. The predicted molar refractivity (Wildman–Crippen MR) is 81.7 cm³/mol. The number of ether oxygens (including phenoxy) is 1. The highest BCUT2D eigenvalue weighted by Gasteiger charge is 2.16. The van der Waals surface area contributed by atoms with Crippen molar-refractivity contribution in [1.29, 1.82) is 10.5 Å². The van der Waals surface area contributed by atoms with E-state index in [4.69, 9.17) is 20.4 Å². The zero-order valence-electron chi connectivity index (χ0n) is 13.2. The summed E-state index contributed by atoms with van der Waals surface area (Å²) in [6.45, 7) is 3.63. The molecule has 0 fully saturated rings. The molecule has 1 aromatic rings. The number of nitriles is 2. The van der Waals surface area contributed by atoms with Crippen molar-refractivity contribution in [3.63, 3.8) is 0 Å². The first kappa shape index (κ1) is 20.5. The van der Waals surface area contributed by atoms with Crippen LogP contribution in [-0.4, -0.2) is 34.5 Å². The number of carbonyl (C=O) groups is 3. The quantitative estimate of drug-likeness (QED) is 0.767. The zero-order valence-corrected chi connectivity index (χ0v) is 13.2. The fourth-order valence-corrected chi connectivity index (χ4v) is 1.35. The maximum atomic E-state index is 11.7. The van der Waals surface area contributed by atoms with Crippen molar-refractivity contribution in [2.24, 2.45) is 0 Å². The molecule has 0 radical (unpaired) electrons. The Labute approximate surface area is 138 Å². The van der Waals surface area contributed by atoms with Crippen molar-refractivity contribution in [2.75, 3.05) is 11.9 Å². The summed E-state index contributed by atoms with van der Waals surface area (Å²) in [5, 5.41) is 26.2. The van der Waals surface area contributed by atoms with Crippen LogP contribution in [-0.2, 0) is 14.3 Å². The molecule has 0 saturated carbocycles. The fourth-order valence-electron chi connectivity index (χ4n) is 1.35. The van der Waals surface area contributed by atoms with Crippen LogP contribution >= 0.6 is 0 Å². The number of anilines is 1. The number of aryl methyl sites for hydroxylation is 1. The minimum atomic E-state index is -1.07. The van der Waals surface area contributed by atoms with Gasteiger partial charge in [0.1, 0.15) is 12.8 Å². The van der Waals surface area contributed by atoms with Crippen LogP contribution in [0.1, 0.15) is 35.9 Å². The number of nitrogens with one attached hydrogen (secondary N) is 1. The minimum Gasteiger partial charge on any atom is -0.480 e. The number of nitrogens with zero attached hydrogens (tertiary/aromatic N) is 3. The second kappa shape index (κ2) is 11.2. The maximum absolute atomic E-state index is 11.7. The molecule has 0 spiro atoms. The van der Waals surface area contributed by atoms with Crippen molar-refractivity contribution < 1.29 is 24.2 Å². The molecule has 9 nitrogen and oxygen atoms in total. The van der Waals surface area contributed by atoms with Gasteiger partial charge in [0.15, 0.2) is 5.69 Å². The first-order chi connectivity index (χ1) is 11.3. The van der Waals surface area contributed by atoms with Gasteiger partial charge >= 0.3 is 11.9 Å². The lowest BCUT2D eigenvalue weighted by atomic mass is 10.2. The van der Waals surface area contributed by atoms with E-state index in [0.29, 0.717) is 5.69 Å². The van der Waals surface area contributed by atoms with Gasteiger partial charge in [-0.25, -0.2) is 9.78 Å². The van der Waals surface area contributed by atoms with E-state index in [1.165, 1.54) is 6.07 Å². The molecule has 1 amide bonds. The monoisotopic (exact) mass is 332 g/mol. The Balaban J connectivity index is 0.000000754. The van der Waals surface area contributed by atoms with Crippen LogP contribution in [0.5, 0.6) is 0 Å². The second-order valence-corrected chi connectivity index (χ2v) is 4.18. The summed E-state index contributed by atoms with van der Waals surface area (Å²) in [5.41, 5.74) is 0.929. The van der Waals surface area contributed by atoms with E-state index in [1.54, 1.807) is 32.0 Å². The highest BCUT2D eigenvalue weighted by Crippen LogP contribution is 2.15. The lowest BCUT2D eigenvalue weighted by Crippen LogP contribution is -2.16. The maximum Gasteiger partial charge on any atom is 0.359 e. The van der Waals surface area contributed by atoms with Crippen molar-refractivity contribution in [3.8, 4) is 12.1 Å². The molecule has 0 unspecified atom stereocenters. The van der Waals surface area contributed by atoms with E-state index in [-0.39, 0.29) is 24.4 Å². The van der Waals surface area contributed by atoms with Gasteiger partial charge in [0, 0.05) is 5.69 Å². The zero-order chi connectivity index (χ0) is 18.5. The summed E-state index contributed by atoms with van der Waals surface area (Å²) < 4.78 is 4.85. The standard InChI is InChI=1S/C12H13N3O3.C3H3NO2/c1-3-18-12(17)11-9(5-4-8(2)14-11)15-10(16)6-7-13;4-2-1-3(5)6/h4-5H,3,6H2,1-2H3,(H,15,16);1H2,(H,5,6). The largest absolute Gasteiger partial charge is 0.480 e. The molecule has 0 aliphatic heterocycles. The van der Waals surface area contributed by atoms with E-state index in [0.717, 1.165) is 0 Å². The normalized spacial score (nSPS) is 8.67. The molecular formula is C15H16N4O5. The van der Waals surface area contributed by atoms with Gasteiger partial charge in [0.25, 0.3) is 0 Å². The van der Waals surface area contributed by atoms with Gasteiger partial charge in [-0.15, -0.1) is 0 Å². The molecule has 0 saturated heterocycles. The number of aromatic nitrogens is 1. The van der Waals surface area contributed by atoms with Gasteiger partial charge in [-0.1, -0.05) is 0 Å². The Morgan fingerprint density at radius 3 is 2.33 bits per heavy atom. The molecule has 1 heterocycles. The van der Waals surface area contributed by atoms with Crippen molar-refractivity contribution >= 4 is 23.5 Å². The van der Waals surface area contributed by atoms with E-state index in [2.05, 4.69) is 10.3 Å². The number of rotatable bonds is 5. The highest BCUT2D eigenvalue weighted by molar-refractivity contribution is 6.00. The SMILES string of the molecule is CCOC(=O)c1nc(C)ccc1NC(=O)CC#N.N#CCC(=O)O. The predicted octanol–water partition coefficient (Wildman–Crippen LogP) is 1.40. The van der Waals surface area contributed by atoms with Crippen LogP contribution in [0.4, 0.5) is 5.69 Å². The Morgan fingerprint density at radius 2 is 1.88 bits per heavy atom. The number of pyridine rings is 1. The second-order valence-electron chi connectivity index (χ2n) is 4.18. The van der Waals surface area contributed by atoms with Gasteiger partial charge in [-0.2, -0.15) is 10.5 Å². The third-order valence-electron chi connectivity index (χ3n) is 2.25. The molecule has 0 aromatic carbocycles. The number of amides is 1. The number of hydrogen-bond acceptors (Lipinski definition) is 7. The summed E-state index contributed by atoms with van der Waals surface area (Å²) in [7, 11) is 0. The summed E-state index contributed by atoms with van der Waals surface area (Å²) in [6, 6.07) is 6.41. The Hall–Kier alpha value is -3.46. The van der Waals surface area contributed by atoms with E-state index >= 15 is 0 Å². The Bertz CT molecular complexity index is 688. The van der Waals surface area contributed by atoms with Gasteiger partial charge in [-0.05, 0) is 26.0 Å². The highest BCUT2D eigenvalue weighted by atomic mass is 16.5. The third-order valence-corrected chi connectivity index (χ3v) is 2.25. The molecule has 0 aliphatic carbocycles. The van der Waals surface area contributed by atoms with Gasteiger partial charge < -0.3 is 15.2 Å². The van der Waals surface area contributed by atoms with Crippen LogP contribution < -0.4 is 5.32 Å². The first-order valence-electron chi connectivity index (χ1n) is 6.76. The number of esters is 1. The molecule has 24 heavy (non-hydrogen) atoms. The van der Waals surface area contributed by atoms with E-state index in [9.17, 15) is 14.4 Å². The van der Waals surface area contributed by atoms with E-state index in [1.807, 2.05) is 0 Å². The van der Waals surface area contributed by atoms with Crippen LogP contribution in [0.2, 0.25) is 0 Å². The number of aliphatic carboxylic acids is 1. The van der Waals surface area contributed by atoms with Gasteiger partial charge in [-0.3, -0.25) is 9.59 Å². The molecule has 0 atom stereocenters. The molecule has 0 bridgehead atoms. The summed E-state index contributed by atoms with van der Waals surface area (Å²) >= 11 is 0. The fraction of sp³-hybridized carbons (Fsp3) is 0.333. The average molecular weight is 332 g/mol. The lowest BCUT2D eigenvalue weighted by Gasteiger charge is -2.09. The van der Waals surface area contributed by atoms with E-state index < -0.39 is 24.3 Å². The lowest BCUT2D eigenvalue weighted by molar-refractivity contribution is -0.135. The minimum absolute atomic E-state index is 0.0446. The summed E-state index contributed by atoms with van der Waals surface area (Å²) in [4.78, 5) is 36.4. The van der Waals surface area contributed by atoms with Crippen molar-refractivity contribution in [3.05, 3.63) is 23.5 Å². The van der Waals surface area contributed by atoms with Crippen LogP contribution in [0.15, 0.2) is 12.1 Å². The van der Waals surface area contributed by atoms with Crippen molar-refractivity contribution in [1.82, 2.24) is 4.98 Å². The summed E-state index contributed by atoms with van der Waals surface area (Å²) in [6.07, 6.45) is -0.684. The molecule has 2 N–H and O–H groups in total. The van der Waals surface area contributed by atoms with Crippen LogP contribution in [0.25, 0.3) is 0 Å². The molecule has 9 heteroatoms. The van der Waals surface area contributed by atoms with Gasteiger partial charge in [0.05, 0.1) is 24.4 Å². The molecular weight excluding hydrogens is 316 g/mol.